The minimum absolute atomic E-state index is 0.0125. The van der Waals surface area contributed by atoms with Crippen LogP contribution < -0.4 is 15.5 Å². The molecule has 3 N–H and O–H groups in total. The number of rotatable bonds is 7. The van der Waals surface area contributed by atoms with Crippen LogP contribution in [0.1, 0.15) is 18.4 Å². The highest BCUT2D eigenvalue weighted by Gasteiger charge is 2.08. The van der Waals surface area contributed by atoms with E-state index in [1.165, 1.54) is 13.3 Å². The van der Waals surface area contributed by atoms with Gasteiger partial charge in [-0.25, -0.2) is 5.43 Å². The summed E-state index contributed by atoms with van der Waals surface area (Å²) in [5.41, 5.74) is 3.66. The third-order valence-electron chi connectivity index (χ3n) is 3.31. The molecule has 0 fully saturated rings. The Bertz CT molecular complexity index is 810. The molecule has 0 saturated heterocycles. The summed E-state index contributed by atoms with van der Waals surface area (Å²) in [6.07, 6.45) is 1.47. The molecule has 0 heterocycles. The Morgan fingerprint density at radius 3 is 2.58 bits per heavy atom. The molecule has 2 amide bonds. The predicted octanol–water partition coefficient (Wildman–Crippen LogP) is 3.03. The van der Waals surface area contributed by atoms with Gasteiger partial charge in [0.25, 0.3) is 0 Å². The fraction of sp³-hybridized carbons (Fsp3) is 0.167. The highest BCUT2D eigenvalue weighted by Crippen LogP contribution is 2.34. The van der Waals surface area contributed by atoms with E-state index in [0.29, 0.717) is 15.7 Å². The summed E-state index contributed by atoms with van der Waals surface area (Å²) >= 11 is 3.20. The number of phenols is 1. The van der Waals surface area contributed by atoms with Crippen molar-refractivity contribution < 1.29 is 19.4 Å². The summed E-state index contributed by atoms with van der Waals surface area (Å²) < 4.78 is 5.48. The van der Waals surface area contributed by atoms with E-state index < -0.39 is 0 Å². The maximum Gasteiger partial charge on any atom is 0.240 e. The number of aromatic hydroxyl groups is 1. The molecule has 2 rings (SSSR count). The van der Waals surface area contributed by atoms with Crippen molar-refractivity contribution in [3.8, 4) is 11.5 Å². The molecule has 2 aromatic rings. The van der Waals surface area contributed by atoms with Crippen molar-refractivity contribution in [1.29, 1.82) is 0 Å². The Balaban J connectivity index is 1.80. The first-order chi connectivity index (χ1) is 12.5. The smallest absolute Gasteiger partial charge is 0.240 e. The van der Waals surface area contributed by atoms with Crippen LogP contribution >= 0.6 is 15.9 Å². The molecule has 7 nitrogen and oxygen atoms in total. The molecule has 0 aliphatic heterocycles. The molecule has 8 heteroatoms. The van der Waals surface area contributed by atoms with Crippen molar-refractivity contribution in [3.05, 3.63) is 52.5 Å². The fourth-order valence-corrected chi connectivity index (χ4v) is 2.49. The van der Waals surface area contributed by atoms with E-state index in [1.807, 2.05) is 18.2 Å². The van der Waals surface area contributed by atoms with Gasteiger partial charge in [-0.1, -0.05) is 18.2 Å². The van der Waals surface area contributed by atoms with Crippen LogP contribution in [0.25, 0.3) is 0 Å². The number of phenolic OH excluding ortho intramolecular Hbond substituents is 1. The molecule has 0 aromatic heterocycles. The number of nitrogens with zero attached hydrogens (tertiary/aromatic N) is 1. The van der Waals surface area contributed by atoms with Gasteiger partial charge in [0.1, 0.15) is 0 Å². The number of para-hydroxylation sites is 1. The molecule has 0 unspecified atom stereocenters. The third kappa shape index (κ3) is 5.89. The Hall–Kier alpha value is -2.87. The van der Waals surface area contributed by atoms with Gasteiger partial charge >= 0.3 is 0 Å². The van der Waals surface area contributed by atoms with Crippen molar-refractivity contribution in [3.63, 3.8) is 0 Å². The number of nitrogens with one attached hydrogen (secondary N) is 2. The molecular weight excluding hydrogens is 402 g/mol. The van der Waals surface area contributed by atoms with Crippen LogP contribution in [0.2, 0.25) is 0 Å². The predicted molar refractivity (Wildman–Crippen MR) is 102 cm³/mol. The number of hydrogen-bond acceptors (Lipinski definition) is 5. The minimum Gasteiger partial charge on any atom is -0.503 e. The lowest BCUT2D eigenvalue weighted by Crippen LogP contribution is -2.20. The normalized spacial score (nSPS) is 10.5. The minimum atomic E-state index is -0.380. The highest BCUT2D eigenvalue weighted by atomic mass is 79.9. The number of ether oxygens (including phenoxy) is 1. The van der Waals surface area contributed by atoms with Gasteiger partial charge in [-0.05, 0) is 45.8 Å². The number of carbonyl (C=O) groups excluding carboxylic acids is 2. The van der Waals surface area contributed by atoms with Crippen LogP contribution in [0.4, 0.5) is 5.69 Å². The van der Waals surface area contributed by atoms with Crippen LogP contribution in [0.15, 0.2) is 52.0 Å². The molecule has 0 spiro atoms. The topological polar surface area (TPSA) is 100 Å². The maximum absolute atomic E-state index is 11.8. The van der Waals surface area contributed by atoms with Crippen LogP contribution in [0.5, 0.6) is 11.5 Å². The number of benzene rings is 2. The third-order valence-corrected chi connectivity index (χ3v) is 3.91. The van der Waals surface area contributed by atoms with E-state index in [4.69, 9.17) is 4.74 Å². The van der Waals surface area contributed by atoms with E-state index in [9.17, 15) is 14.7 Å². The first kappa shape index (κ1) is 19.5. The first-order valence-electron chi connectivity index (χ1n) is 7.73. The average molecular weight is 420 g/mol. The van der Waals surface area contributed by atoms with Crippen LogP contribution in [-0.2, 0) is 9.59 Å². The summed E-state index contributed by atoms with van der Waals surface area (Å²) in [4.78, 5) is 23.5. The fourth-order valence-electron chi connectivity index (χ4n) is 2.03. The molecule has 26 heavy (non-hydrogen) atoms. The zero-order chi connectivity index (χ0) is 18.9. The van der Waals surface area contributed by atoms with Crippen molar-refractivity contribution in [2.45, 2.75) is 12.8 Å². The summed E-state index contributed by atoms with van der Waals surface area (Å²) in [6.45, 7) is 0. The van der Waals surface area contributed by atoms with Crippen molar-refractivity contribution in [1.82, 2.24) is 5.43 Å². The Kier molecular flexibility index (Phi) is 7.16. The second-order valence-electron chi connectivity index (χ2n) is 5.26. The van der Waals surface area contributed by atoms with E-state index in [1.54, 1.807) is 24.3 Å². The Morgan fingerprint density at radius 2 is 1.88 bits per heavy atom. The van der Waals surface area contributed by atoms with Crippen molar-refractivity contribution >= 4 is 39.6 Å². The number of anilines is 1. The van der Waals surface area contributed by atoms with E-state index >= 15 is 0 Å². The van der Waals surface area contributed by atoms with Crippen LogP contribution in [-0.4, -0.2) is 30.2 Å². The number of amides is 2. The summed E-state index contributed by atoms with van der Waals surface area (Å²) in [5, 5.41) is 16.3. The van der Waals surface area contributed by atoms with Gasteiger partial charge in [-0.2, -0.15) is 5.10 Å². The monoisotopic (exact) mass is 419 g/mol. The summed E-state index contributed by atoms with van der Waals surface area (Å²) in [5.74, 6) is -0.361. The summed E-state index contributed by atoms with van der Waals surface area (Å²) in [7, 11) is 1.44. The van der Waals surface area contributed by atoms with Gasteiger partial charge < -0.3 is 15.2 Å². The van der Waals surface area contributed by atoms with Crippen LogP contribution in [0.3, 0.4) is 0 Å². The number of methoxy groups -OCH3 is 1. The first-order valence-corrected chi connectivity index (χ1v) is 8.52. The lowest BCUT2D eigenvalue weighted by Gasteiger charge is -2.06. The SMILES string of the molecule is COc1cc(/C=N/NC(=O)CCC(=O)Nc2ccccc2)cc(Br)c1O. The van der Waals surface area contributed by atoms with Crippen molar-refractivity contribution in [2.24, 2.45) is 5.10 Å². The number of hydrogen-bond donors (Lipinski definition) is 3. The van der Waals surface area contributed by atoms with Gasteiger partial charge in [0, 0.05) is 18.5 Å². The lowest BCUT2D eigenvalue weighted by atomic mass is 10.2. The molecule has 136 valence electrons. The molecule has 0 radical (unpaired) electrons. The molecular formula is C18H18BrN3O4. The molecule has 0 atom stereocenters. The Labute approximate surface area is 159 Å². The molecule has 0 aliphatic rings. The largest absolute Gasteiger partial charge is 0.503 e. The number of carbonyl (C=O) groups is 2. The molecule has 0 aliphatic carbocycles. The second-order valence-corrected chi connectivity index (χ2v) is 6.12. The van der Waals surface area contributed by atoms with Crippen LogP contribution in [0, 0.1) is 0 Å². The average Bonchev–Trinajstić information content (AvgIpc) is 2.63. The van der Waals surface area contributed by atoms with Gasteiger partial charge in [0.15, 0.2) is 11.5 Å². The zero-order valence-electron chi connectivity index (χ0n) is 14.0. The molecule has 0 bridgehead atoms. The quantitative estimate of drug-likeness (QED) is 0.474. The van der Waals surface area contributed by atoms with E-state index in [2.05, 4.69) is 31.8 Å². The number of hydrazone groups is 1. The van der Waals surface area contributed by atoms with Gasteiger partial charge in [0.2, 0.25) is 11.8 Å². The van der Waals surface area contributed by atoms with E-state index in [0.717, 1.165) is 0 Å². The highest BCUT2D eigenvalue weighted by molar-refractivity contribution is 9.10. The van der Waals surface area contributed by atoms with Gasteiger partial charge in [-0.3, -0.25) is 9.59 Å². The zero-order valence-corrected chi connectivity index (χ0v) is 15.6. The molecule has 2 aromatic carbocycles. The summed E-state index contributed by atoms with van der Waals surface area (Å²) in [6, 6.07) is 12.2. The Morgan fingerprint density at radius 1 is 1.19 bits per heavy atom. The molecule has 0 saturated carbocycles. The second kappa shape index (κ2) is 9.57. The number of halogens is 1. The van der Waals surface area contributed by atoms with Gasteiger partial charge in [0.05, 0.1) is 17.8 Å². The lowest BCUT2D eigenvalue weighted by molar-refractivity contribution is -0.124. The van der Waals surface area contributed by atoms with E-state index in [-0.39, 0.29) is 36.2 Å². The van der Waals surface area contributed by atoms with Gasteiger partial charge in [-0.15, -0.1) is 0 Å². The standard InChI is InChI=1S/C18H18BrN3O4/c1-26-15-10-12(9-14(19)18(15)25)11-20-22-17(24)8-7-16(23)21-13-5-3-2-4-6-13/h2-6,9-11,25H,7-8H2,1H3,(H,21,23)(H,22,24)/b20-11+. The van der Waals surface area contributed by atoms with Crippen molar-refractivity contribution in [2.75, 3.05) is 12.4 Å². The maximum atomic E-state index is 11.8.